The number of nitrogens with zero attached hydrogens (tertiary/aromatic N) is 2. The van der Waals surface area contributed by atoms with Gasteiger partial charge >= 0.3 is 6.03 Å². The lowest BCUT2D eigenvalue weighted by Gasteiger charge is -2.37. The number of carbonyl (C=O) groups excluding carboxylic acids is 1. The van der Waals surface area contributed by atoms with Gasteiger partial charge in [0, 0.05) is 37.1 Å². The van der Waals surface area contributed by atoms with Crippen LogP contribution < -0.4 is 24.3 Å². The summed E-state index contributed by atoms with van der Waals surface area (Å²) in [5.41, 5.74) is 2.63. The van der Waals surface area contributed by atoms with E-state index in [1.807, 2.05) is 48.4 Å². The van der Waals surface area contributed by atoms with Crippen molar-refractivity contribution >= 4 is 11.7 Å². The molecule has 1 unspecified atom stereocenters. The minimum atomic E-state index is -0.230. The fraction of sp³-hybridized carbons (Fsp3) is 0.320. The maximum atomic E-state index is 13.5. The van der Waals surface area contributed by atoms with Crippen molar-refractivity contribution in [2.75, 3.05) is 39.8 Å². The predicted molar refractivity (Wildman–Crippen MR) is 126 cm³/mol. The molecule has 2 heterocycles. The molecule has 0 spiro atoms. The number of urea groups is 1. The van der Waals surface area contributed by atoms with Gasteiger partial charge in [0.15, 0.2) is 11.5 Å². The minimum Gasteiger partial charge on any atom is -0.494 e. The second-order valence-corrected chi connectivity index (χ2v) is 7.57. The Morgan fingerprint density at radius 1 is 1.00 bits per heavy atom. The fourth-order valence-corrected chi connectivity index (χ4v) is 4.21. The quantitative estimate of drug-likeness (QED) is 0.571. The average molecular weight is 452 g/mol. The number of fused-ring (bicyclic) bond motifs is 1. The summed E-state index contributed by atoms with van der Waals surface area (Å²) >= 11 is 0. The number of ether oxygens (including phenoxy) is 4. The number of anilines is 1. The molecule has 1 atom stereocenters. The van der Waals surface area contributed by atoms with Crippen LogP contribution in [0.3, 0.4) is 0 Å². The normalized spacial score (nSPS) is 14.9. The Kier molecular flexibility index (Phi) is 6.63. The van der Waals surface area contributed by atoms with Crippen LogP contribution >= 0.6 is 0 Å². The highest BCUT2D eigenvalue weighted by Gasteiger charge is 2.32. The monoisotopic (exact) mass is 451 g/mol. The molecular formula is C25H29N3O5. The molecular weight excluding hydrogens is 422 g/mol. The summed E-state index contributed by atoms with van der Waals surface area (Å²) in [5.74, 6) is 2.23. The Morgan fingerprint density at radius 3 is 2.30 bits per heavy atom. The van der Waals surface area contributed by atoms with Gasteiger partial charge in [-0.3, -0.25) is 0 Å². The number of carbonyl (C=O) groups is 1. The third kappa shape index (κ3) is 4.41. The van der Waals surface area contributed by atoms with Crippen LogP contribution in [0.25, 0.3) is 0 Å². The lowest BCUT2D eigenvalue weighted by molar-refractivity contribution is 0.182. The molecule has 1 aliphatic rings. The molecule has 0 aliphatic carbocycles. The van der Waals surface area contributed by atoms with Crippen LogP contribution in [0.4, 0.5) is 10.5 Å². The molecule has 2 aromatic carbocycles. The van der Waals surface area contributed by atoms with Crippen LogP contribution in [0.2, 0.25) is 0 Å². The number of rotatable bonds is 7. The molecule has 0 radical (unpaired) electrons. The van der Waals surface area contributed by atoms with Crippen molar-refractivity contribution in [3.8, 4) is 23.0 Å². The van der Waals surface area contributed by atoms with Crippen molar-refractivity contribution in [3.63, 3.8) is 0 Å². The Hall–Kier alpha value is -3.81. The molecule has 3 aromatic rings. The van der Waals surface area contributed by atoms with Gasteiger partial charge in [-0.15, -0.1) is 0 Å². The molecule has 1 N–H and O–H groups in total. The lowest BCUT2D eigenvalue weighted by Crippen LogP contribution is -2.44. The Labute approximate surface area is 193 Å². The van der Waals surface area contributed by atoms with Crippen molar-refractivity contribution in [3.05, 3.63) is 66.0 Å². The number of amides is 2. The number of hydrogen-bond donors (Lipinski definition) is 1. The average Bonchev–Trinajstić information content (AvgIpc) is 3.32. The maximum absolute atomic E-state index is 13.5. The summed E-state index contributed by atoms with van der Waals surface area (Å²) in [4.78, 5) is 15.3. The van der Waals surface area contributed by atoms with E-state index in [4.69, 9.17) is 18.9 Å². The van der Waals surface area contributed by atoms with Gasteiger partial charge in [-0.05, 0) is 36.8 Å². The van der Waals surface area contributed by atoms with Crippen LogP contribution in [0.5, 0.6) is 23.0 Å². The summed E-state index contributed by atoms with van der Waals surface area (Å²) in [6, 6.07) is 15.0. The first-order valence-electron chi connectivity index (χ1n) is 10.8. The van der Waals surface area contributed by atoms with E-state index in [1.165, 1.54) is 0 Å². The van der Waals surface area contributed by atoms with Gasteiger partial charge in [0.2, 0.25) is 5.75 Å². The molecule has 4 rings (SSSR count). The molecule has 0 fully saturated rings. The summed E-state index contributed by atoms with van der Waals surface area (Å²) in [6.45, 7) is 3.85. The summed E-state index contributed by atoms with van der Waals surface area (Å²) < 4.78 is 24.0. The first kappa shape index (κ1) is 22.4. The lowest BCUT2D eigenvalue weighted by atomic mass is 10.00. The van der Waals surface area contributed by atoms with Gasteiger partial charge in [0.1, 0.15) is 5.75 Å². The summed E-state index contributed by atoms with van der Waals surface area (Å²) in [6.07, 6.45) is 2.05. The van der Waals surface area contributed by atoms with E-state index >= 15 is 0 Å². The van der Waals surface area contributed by atoms with Gasteiger partial charge in [0.25, 0.3) is 0 Å². The van der Waals surface area contributed by atoms with Crippen molar-refractivity contribution in [1.82, 2.24) is 9.47 Å². The standard InChI is InChI=1S/C25H29N3O5/c1-5-33-19-10-8-17(9-11-19)23-20-7-6-12-27(20)13-14-28(23)25(29)26-18-15-21(30-2)24(32-4)22(16-18)31-3/h6-12,15-16,23H,5,13-14H2,1-4H3,(H,26,29). The zero-order valence-corrected chi connectivity index (χ0v) is 19.3. The molecule has 1 aliphatic heterocycles. The van der Waals surface area contributed by atoms with E-state index in [1.54, 1.807) is 33.5 Å². The largest absolute Gasteiger partial charge is 0.494 e. The predicted octanol–water partition coefficient (Wildman–Crippen LogP) is 4.55. The molecule has 8 heteroatoms. The second-order valence-electron chi connectivity index (χ2n) is 7.57. The third-order valence-electron chi connectivity index (χ3n) is 5.72. The molecule has 0 saturated carbocycles. The SMILES string of the molecule is CCOc1ccc(C2c3cccn3CCN2C(=O)Nc2cc(OC)c(OC)c(OC)c2)cc1. The first-order valence-corrected chi connectivity index (χ1v) is 10.8. The Balaban J connectivity index is 1.65. The van der Waals surface area contributed by atoms with Crippen molar-refractivity contribution in [2.45, 2.75) is 19.5 Å². The smallest absolute Gasteiger partial charge is 0.322 e. The molecule has 2 amide bonds. The van der Waals surface area contributed by atoms with E-state index in [9.17, 15) is 4.79 Å². The van der Waals surface area contributed by atoms with Crippen LogP contribution in [-0.2, 0) is 6.54 Å². The molecule has 8 nitrogen and oxygen atoms in total. The maximum Gasteiger partial charge on any atom is 0.322 e. The van der Waals surface area contributed by atoms with Gasteiger partial charge in [0.05, 0.1) is 39.7 Å². The van der Waals surface area contributed by atoms with E-state index in [-0.39, 0.29) is 12.1 Å². The van der Waals surface area contributed by atoms with Crippen LogP contribution in [0, 0.1) is 0 Å². The van der Waals surface area contributed by atoms with E-state index < -0.39 is 0 Å². The number of benzene rings is 2. The van der Waals surface area contributed by atoms with Gasteiger partial charge in [-0.2, -0.15) is 0 Å². The van der Waals surface area contributed by atoms with E-state index in [0.29, 0.717) is 36.1 Å². The number of aromatic nitrogens is 1. The zero-order valence-electron chi connectivity index (χ0n) is 19.3. The second kappa shape index (κ2) is 9.77. The topological polar surface area (TPSA) is 74.2 Å². The molecule has 0 bridgehead atoms. The van der Waals surface area contributed by atoms with E-state index in [0.717, 1.165) is 23.6 Å². The van der Waals surface area contributed by atoms with Gasteiger partial charge < -0.3 is 33.7 Å². The van der Waals surface area contributed by atoms with Crippen LogP contribution in [0.15, 0.2) is 54.7 Å². The number of nitrogens with one attached hydrogen (secondary N) is 1. The van der Waals surface area contributed by atoms with Crippen molar-refractivity contribution in [2.24, 2.45) is 0 Å². The molecule has 174 valence electrons. The van der Waals surface area contributed by atoms with Crippen LogP contribution in [-0.4, -0.2) is 50.0 Å². The van der Waals surface area contributed by atoms with Crippen molar-refractivity contribution in [1.29, 1.82) is 0 Å². The summed E-state index contributed by atoms with van der Waals surface area (Å²) in [7, 11) is 4.64. The molecule has 33 heavy (non-hydrogen) atoms. The number of hydrogen-bond acceptors (Lipinski definition) is 5. The minimum absolute atomic E-state index is 0.212. The first-order chi connectivity index (χ1) is 16.1. The van der Waals surface area contributed by atoms with Crippen LogP contribution in [0.1, 0.15) is 24.2 Å². The molecule has 0 saturated heterocycles. The third-order valence-corrected chi connectivity index (χ3v) is 5.72. The van der Waals surface area contributed by atoms with Gasteiger partial charge in [-0.1, -0.05) is 12.1 Å². The van der Waals surface area contributed by atoms with E-state index in [2.05, 4.69) is 16.0 Å². The highest BCUT2D eigenvalue weighted by atomic mass is 16.5. The Morgan fingerprint density at radius 2 is 1.70 bits per heavy atom. The van der Waals surface area contributed by atoms with Crippen molar-refractivity contribution < 1.29 is 23.7 Å². The van der Waals surface area contributed by atoms with Gasteiger partial charge in [-0.25, -0.2) is 4.79 Å². The fourth-order valence-electron chi connectivity index (χ4n) is 4.21. The zero-order chi connectivity index (χ0) is 23.4. The number of methoxy groups -OCH3 is 3. The molecule has 1 aromatic heterocycles. The highest BCUT2D eigenvalue weighted by Crippen LogP contribution is 2.40. The Bertz CT molecular complexity index is 1080. The summed E-state index contributed by atoms with van der Waals surface area (Å²) in [5, 5.41) is 3.00. The highest BCUT2D eigenvalue weighted by molar-refractivity contribution is 5.91.